The van der Waals surface area contributed by atoms with E-state index in [1.807, 2.05) is 0 Å². The minimum absolute atomic E-state index is 0.130. The fourth-order valence-corrected chi connectivity index (χ4v) is 6.79. The fraction of sp³-hybridized carbons (Fsp3) is 0.792. The second-order valence-electron chi connectivity index (χ2n) is 9.45. The molecule has 6 atom stereocenters. The van der Waals surface area contributed by atoms with Gasteiger partial charge in [0.25, 0.3) is 0 Å². The van der Waals surface area contributed by atoms with Gasteiger partial charge in [0.15, 0.2) is 0 Å². The number of likely N-dealkylation sites (tertiary alicyclic amines) is 1. The Labute approximate surface area is 204 Å². The molecule has 9 heteroatoms. The Morgan fingerprint density at radius 2 is 2.00 bits per heavy atom. The number of hydrogen-bond donors (Lipinski definition) is 2. The number of alkyl halides is 1. The molecule has 0 aliphatic carbocycles. The Kier molecular flexibility index (Phi) is 8.97. The molecule has 3 rings (SSSR count). The number of carboxylic acid groups (broad SMARTS) is 1. The average molecular weight is 529 g/mol. The van der Waals surface area contributed by atoms with E-state index in [1.54, 1.807) is 15.9 Å². The van der Waals surface area contributed by atoms with Gasteiger partial charge in [-0.15, -0.1) is 6.58 Å². The van der Waals surface area contributed by atoms with Gasteiger partial charge in [-0.25, -0.2) is 0 Å². The number of ether oxygens (including phenoxy) is 1. The minimum Gasteiger partial charge on any atom is -0.481 e. The topological polar surface area (TPSA) is 107 Å². The number of fused-ring (bicyclic) bond motifs is 1. The van der Waals surface area contributed by atoms with Gasteiger partial charge in [-0.3, -0.25) is 14.4 Å². The normalized spacial score (nSPS) is 32.3. The predicted molar refractivity (Wildman–Crippen MR) is 127 cm³/mol. The zero-order valence-electron chi connectivity index (χ0n) is 19.5. The number of carbonyl (C=O) groups is 3. The van der Waals surface area contributed by atoms with Crippen molar-refractivity contribution in [2.75, 3.05) is 26.2 Å². The molecule has 0 aromatic rings. The molecular weight excluding hydrogens is 492 g/mol. The highest BCUT2D eigenvalue weighted by Crippen LogP contribution is 2.60. The van der Waals surface area contributed by atoms with Crippen molar-refractivity contribution in [2.24, 2.45) is 11.8 Å². The number of carboxylic acids is 1. The monoisotopic (exact) mass is 528 g/mol. The van der Waals surface area contributed by atoms with E-state index < -0.39 is 35.6 Å². The minimum atomic E-state index is -1.12. The average Bonchev–Trinajstić information content (AvgIpc) is 3.36. The van der Waals surface area contributed by atoms with Crippen LogP contribution in [0.3, 0.4) is 0 Å². The third-order valence-corrected chi connectivity index (χ3v) is 8.15. The summed E-state index contributed by atoms with van der Waals surface area (Å²) < 4.78 is 6.31. The van der Waals surface area contributed by atoms with Crippen LogP contribution in [0, 0.1) is 11.8 Å². The van der Waals surface area contributed by atoms with Crippen molar-refractivity contribution in [3.63, 3.8) is 0 Å². The number of amides is 2. The van der Waals surface area contributed by atoms with Crippen molar-refractivity contribution in [3.8, 4) is 0 Å². The molecule has 33 heavy (non-hydrogen) atoms. The van der Waals surface area contributed by atoms with E-state index in [2.05, 4.69) is 29.4 Å². The number of aliphatic hydroxyl groups is 1. The Morgan fingerprint density at radius 1 is 1.27 bits per heavy atom. The van der Waals surface area contributed by atoms with Crippen molar-refractivity contribution in [1.29, 1.82) is 0 Å². The summed E-state index contributed by atoms with van der Waals surface area (Å²) in [5.41, 5.74) is -1.12. The van der Waals surface area contributed by atoms with Crippen LogP contribution in [-0.4, -0.2) is 86.6 Å². The lowest BCUT2D eigenvalue weighted by molar-refractivity contribution is -0.150. The highest BCUT2D eigenvalue weighted by atomic mass is 79.9. The highest BCUT2D eigenvalue weighted by Gasteiger charge is 2.76. The largest absolute Gasteiger partial charge is 0.481 e. The number of hydrogen-bond acceptors (Lipinski definition) is 5. The first-order valence-corrected chi connectivity index (χ1v) is 13.1. The molecule has 8 nitrogen and oxygen atoms in total. The number of carbonyl (C=O) groups excluding carboxylic acids is 2. The molecule has 3 aliphatic heterocycles. The maximum Gasteiger partial charge on any atom is 0.310 e. The summed E-state index contributed by atoms with van der Waals surface area (Å²) in [6.45, 7) is 7.35. The van der Waals surface area contributed by atoms with Gasteiger partial charge < -0.3 is 24.7 Å². The van der Waals surface area contributed by atoms with Crippen LogP contribution in [0.2, 0.25) is 0 Å². The molecule has 0 saturated carbocycles. The molecule has 3 heterocycles. The fourth-order valence-electron chi connectivity index (χ4n) is 5.85. The SMILES string of the molecule is C=CCN(CCCCC)C(=O)[C@H]1N(CCCCCCO)C(=O)[C@@H]2[C@@H](C(=O)O)[C@@H]3O[C@@]21CC3Br. The lowest BCUT2D eigenvalue weighted by atomic mass is 9.70. The third-order valence-electron chi connectivity index (χ3n) is 7.31. The molecule has 0 aromatic carbocycles. The summed E-state index contributed by atoms with van der Waals surface area (Å²) in [7, 11) is 0. The predicted octanol–water partition coefficient (Wildman–Crippen LogP) is 2.58. The van der Waals surface area contributed by atoms with E-state index in [-0.39, 0.29) is 23.2 Å². The van der Waals surface area contributed by atoms with Gasteiger partial charge in [0.2, 0.25) is 11.8 Å². The van der Waals surface area contributed by atoms with Crippen molar-refractivity contribution < 1.29 is 29.3 Å². The summed E-state index contributed by atoms with van der Waals surface area (Å²) in [4.78, 5) is 42.8. The molecule has 3 aliphatic rings. The Bertz CT molecular complexity index is 748. The lowest BCUT2D eigenvalue weighted by Gasteiger charge is -2.37. The van der Waals surface area contributed by atoms with E-state index in [9.17, 15) is 19.5 Å². The lowest BCUT2D eigenvalue weighted by Crippen LogP contribution is -2.57. The summed E-state index contributed by atoms with van der Waals surface area (Å²) in [5, 5.41) is 19.0. The Balaban J connectivity index is 1.91. The van der Waals surface area contributed by atoms with E-state index in [4.69, 9.17) is 9.84 Å². The second kappa shape index (κ2) is 11.3. The third kappa shape index (κ3) is 4.86. The van der Waals surface area contributed by atoms with E-state index in [0.717, 1.165) is 32.1 Å². The number of unbranched alkanes of at least 4 members (excludes halogenated alkanes) is 5. The van der Waals surface area contributed by atoms with Crippen LogP contribution in [0.15, 0.2) is 12.7 Å². The highest BCUT2D eigenvalue weighted by molar-refractivity contribution is 9.09. The summed E-state index contributed by atoms with van der Waals surface area (Å²) in [5.74, 6) is -3.31. The van der Waals surface area contributed by atoms with E-state index >= 15 is 0 Å². The van der Waals surface area contributed by atoms with Crippen molar-refractivity contribution in [1.82, 2.24) is 9.80 Å². The summed E-state index contributed by atoms with van der Waals surface area (Å²) in [6, 6.07) is -0.830. The maximum absolute atomic E-state index is 13.9. The van der Waals surface area contributed by atoms with E-state index in [0.29, 0.717) is 38.9 Å². The van der Waals surface area contributed by atoms with Crippen LogP contribution in [0.5, 0.6) is 0 Å². The molecular formula is C24H37BrN2O6. The zero-order chi connectivity index (χ0) is 24.2. The molecule has 2 bridgehead atoms. The standard InChI is InChI=1S/C24H37BrN2O6/c1-3-5-8-12-26(11-4-2)22(30)20-24-15-16(25)19(33-24)17(23(31)32)18(24)21(29)27(20)13-9-6-7-10-14-28/h4,16-20,28H,2-3,5-15H2,1H3,(H,31,32)/t16?,17-,18+,19-,20-,24+/m1/s1. The second-order valence-corrected chi connectivity index (χ2v) is 10.6. The van der Waals surface area contributed by atoms with Crippen molar-refractivity contribution in [2.45, 2.75) is 80.9 Å². The first-order valence-electron chi connectivity index (χ1n) is 12.2. The smallest absolute Gasteiger partial charge is 0.310 e. The molecule has 0 aromatic heterocycles. The Hall–Kier alpha value is -1.45. The van der Waals surface area contributed by atoms with Gasteiger partial charge in [0.05, 0.1) is 17.9 Å². The number of nitrogens with zero attached hydrogens (tertiary/aromatic N) is 2. The zero-order valence-corrected chi connectivity index (χ0v) is 21.0. The molecule has 3 fully saturated rings. The van der Waals surface area contributed by atoms with Gasteiger partial charge in [-0.2, -0.15) is 0 Å². The van der Waals surface area contributed by atoms with Crippen LogP contribution < -0.4 is 0 Å². The first-order chi connectivity index (χ1) is 15.8. The quantitative estimate of drug-likeness (QED) is 0.204. The number of aliphatic carboxylic acids is 1. The van der Waals surface area contributed by atoms with Crippen LogP contribution in [-0.2, 0) is 19.1 Å². The molecule has 1 unspecified atom stereocenters. The number of halogens is 1. The van der Waals surface area contributed by atoms with Crippen molar-refractivity contribution in [3.05, 3.63) is 12.7 Å². The van der Waals surface area contributed by atoms with Gasteiger partial charge in [-0.1, -0.05) is 54.6 Å². The maximum atomic E-state index is 13.9. The molecule has 1 spiro atoms. The first kappa shape index (κ1) is 26.2. The van der Waals surface area contributed by atoms with E-state index in [1.165, 1.54) is 0 Å². The van der Waals surface area contributed by atoms with Crippen LogP contribution in [0.25, 0.3) is 0 Å². The number of aliphatic hydroxyl groups excluding tert-OH is 1. The summed E-state index contributed by atoms with van der Waals surface area (Å²) >= 11 is 3.57. The van der Waals surface area contributed by atoms with Gasteiger partial charge in [0.1, 0.15) is 11.6 Å². The van der Waals surface area contributed by atoms with Gasteiger partial charge in [-0.05, 0) is 25.7 Å². The van der Waals surface area contributed by atoms with Crippen LogP contribution >= 0.6 is 15.9 Å². The van der Waals surface area contributed by atoms with Crippen molar-refractivity contribution >= 4 is 33.7 Å². The molecule has 2 N–H and O–H groups in total. The molecule has 3 saturated heterocycles. The molecule has 186 valence electrons. The Morgan fingerprint density at radius 3 is 2.64 bits per heavy atom. The number of rotatable bonds is 14. The summed E-state index contributed by atoms with van der Waals surface area (Å²) in [6.07, 6.45) is 7.44. The van der Waals surface area contributed by atoms with Crippen LogP contribution in [0.4, 0.5) is 0 Å². The molecule has 0 radical (unpaired) electrons. The van der Waals surface area contributed by atoms with Gasteiger partial charge >= 0.3 is 5.97 Å². The van der Waals surface area contributed by atoms with Gasteiger partial charge in [0, 0.05) is 31.1 Å². The molecule has 2 amide bonds. The van der Waals surface area contributed by atoms with Crippen LogP contribution in [0.1, 0.15) is 58.3 Å².